The number of likely N-dealkylation sites (tertiary alicyclic amines) is 1. The molecule has 2 heterocycles. The van der Waals surface area contributed by atoms with Crippen molar-refractivity contribution in [2.75, 3.05) is 33.3 Å². The number of carbonyl (C=O) groups excluding carboxylic acids is 1. The van der Waals surface area contributed by atoms with Crippen LogP contribution in [0.3, 0.4) is 0 Å². The molecule has 0 saturated carbocycles. The first-order valence-electron chi connectivity index (χ1n) is 10.5. The molecule has 3 atom stereocenters. The van der Waals surface area contributed by atoms with E-state index in [1.165, 1.54) is 11.1 Å². The maximum atomic E-state index is 11.7. The van der Waals surface area contributed by atoms with Crippen LogP contribution in [0.1, 0.15) is 49.8 Å². The number of guanidine groups is 1. The van der Waals surface area contributed by atoms with Crippen LogP contribution in [0.25, 0.3) is 0 Å². The molecule has 1 aromatic carbocycles. The predicted octanol–water partition coefficient (Wildman–Crippen LogP) is 2.64. The average molecular weight is 387 g/mol. The molecule has 0 radical (unpaired) electrons. The normalized spacial score (nSPS) is 26.2. The molecule has 0 aliphatic carbocycles. The van der Waals surface area contributed by atoms with E-state index in [1.54, 1.807) is 4.90 Å². The minimum absolute atomic E-state index is 0.111. The summed E-state index contributed by atoms with van der Waals surface area (Å²) in [6.07, 6.45) is 3.77. The summed E-state index contributed by atoms with van der Waals surface area (Å²) in [6.45, 7) is 7.27. The van der Waals surface area contributed by atoms with Crippen LogP contribution in [-0.4, -0.2) is 56.1 Å². The lowest BCUT2D eigenvalue weighted by Gasteiger charge is -2.32. The zero-order valence-corrected chi connectivity index (χ0v) is 17.4. The Morgan fingerprint density at radius 2 is 2.07 bits per heavy atom. The van der Waals surface area contributed by atoms with Gasteiger partial charge in [-0.2, -0.15) is 0 Å². The first kappa shape index (κ1) is 20.6. The molecule has 154 valence electrons. The fourth-order valence-electron chi connectivity index (χ4n) is 4.01. The van der Waals surface area contributed by atoms with Gasteiger partial charge in [0.05, 0.1) is 6.10 Å². The lowest BCUT2D eigenvalue weighted by molar-refractivity contribution is -0.132. The van der Waals surface area contributed by atoms with Crippen molar-refractivity contribution >= 4 is 11.9 Å². The van der Waals surface area contributed by atoms with Crippen molar-refractivity contribution in [1.82, 2.24) is 15.5 Å². The largest absolute Gasteiger partial charge is 0.373 e. The first-order valence-corrected chi connectivity index (χ1v) is 10.5. The highest BCUT2D eigenvalue weighted by molar-refractivity contribution is 5.81. The molecule has 1 amide bonds. The second-order valence-corrected chi connectivity index (χ2v) is 7.98. The summed E-state index contributed by atoms with van der Waals surface area (Å²) in [5, 5.41) is 6.87. The van der Waals surface area contributed by atoms with Crippen LogP contribution < -0.4 is 10.6 Å². The van der Waals surface area contributed by atoms with Crippen molar-refractivity contribution in [1.29, 1.82) is 0 Å². The van der Waals surface area contributed by atoms with Gasteiger partial charge in [-0.15, -0.1) is 0 Å². The monoisotopic (exact) mass is 386 g/mol. The Bertz CT molecular complexity index is 674. The molecule has 0 aromatic heterocycles. The van der Waals surface area contributed by atoms with Gasteiger partial charge in [0.1, 0.15) is 0 Å². The van der Waals surface area contributed by atoms with E-state index in [2.05, 4.69) is 48.7 Å². The van der Waals surface area contributed by atoms with Crippen LogP contribution in [0.4, 0.5) is 0 Å². The summed E-state index contributed by atoms with van der Waals surface area (Å²) in [6, 6.07) is 8.91. The molecule has 2 fully saturated rings. The molecule has 3 unspecified atom stereocenters. The Kier molecular flexibility index (Phi) is 7.31. The van der Waals surface area contributed by atoms with E-state index in [-0.39, 0.29) is 18.1 Å². The van der Waals surface area contributed by atoms with Gasteiger partial charge in [-0.3, -0.25) is 9.79 Å². The van der Waals surface area contributed by atoms with Crippen LogP contribution in [-0.2, 0) is 9.53 Å². The molecule has 28 heavy (non-hydrogen) atoms. The quantitative estimate of drug-likeness (QED) is 0.603. The number of aryl methyl sites for hydroxylation is 1. The number of benzene rings is 1. The second-order valence-electron chi connectivity index (χ2n) is 7.98. The molecule has 2 saturated heterocycles. The zero-order valence-electron chi connectivity index (χ0n) is 17.4. The number of nitrogens with one attached hydrogen (secondary N) is 2. The molecule has 6 nitrogen and oxygen atoms in total. The van der Waals surface area contributed by atoms with Crippen LogP contribution in [0.5, 0.6) is 0 Å². The lowest BCUT2D eigenvalue weighted by atomic mass is 9.89. The van der Waals surface area contributed by atoms with Gasteiger partial charge in [-0.05, 0) is 38.7 Å². The van der Waals surface area contributed by atoms with Crippen LogP contribution in [0, 0.1) is 12.8 Å². The van der Waals surface area contributed by atoms with E-state index in [0.717, 1.165) is 51.5 Å². The Morgan fingerprint density at radius 1 is 1.29 bits per heavy atom. The number of hydrogen-bond acceptors (Lipinski definition) is 3. The van der Waals surface area contributed by atoms with Crippen molar-refractivity contribution < 1.29 is 9.53 Å². The number of carbonyl (C=O) groups is 1. The predicted molar refractivity (Wildman–Crippen MR) is 112 cm³/mol. The summed E-state index contributed by atoms with van der Waals surface area (Å²) < 4.78 is 6.13. The van der Waals surface area contributed by atoms with Crippen molar-refractivity contribution in [3.05, 3.63) is 35.4 Å². The van der Waals surface area contributed by atoms with Gasteiger partial charge in [0.25, 0.3) is 0 Å². The Labute approximate surface area is 168 Å². The smallest absolute Gasteiger partial charge is 0.222 e. The number of rotatable bonds is 5. The summed E-state index contributed by atoms with van der Waals surface area (Å²) in [5.41, 5.74) is 2.51. The molecule has 2 N–H and O–H groups in total. The number of ether oxygens (including phenoxy) is 1. The molecule has 2 aliphatic rings. The Hall–Kier alpha value is -2.08. The van der Waals surface area contributed by atoms with E-state index in [9.17, 15) is 4.79 Å². The summed E-state index contributed by atoms with van der Waals surface area (Å²) in [7, 11) is 1.87. The number of hydrogen-bond donors (Lipinski definition) is 2. The highest BCUT2D eigenvalue weighted by Crippen LogP contribution is 2.34. The van der Waals surface area contributed by atoms with Gasteiger partial charge in [-0.1, -0.05) is 29.8 Å². The molecule has 0 spiro atoms. The number of nitrogens with zero attached hydrogens (tertiary/aromatic N) is 2. The molecule has 2 aliphatic heterocycles. The molecule has 6 heteroatoms. The summed E-state index contributed by atoms with van der Waals surface area (Å²) in [5.74, 6) is 1.44. The SMILES string of the molecule is CCNC(=NCC1CCCOC1c1ccc(C)cc1)NC1CCC(=O)N(C)C1. The molecule has 1 aromatic rings. The van der Waals surface area contributed by atoms with E-state index < -0.39 is 0 Å². The molecule has 0 bridgehead atoms. The van der Waals surface area contributed by atoms with E-state index >= 15 is 0 Å². The fraction of sp³-hybridized carbons (Fsp3) is 0.636. The third-order valence-corrected chi connectivity index (χ3v) is 5.65. The highest BCUT2D eigenvalue weighted by Gasteiger charge is 2.28. The second kappa shape index (κ2) is 9.92. The average Bonchev–Trinajstić information content (AvgIpc) is 2.70. The first-order chi connectivity index (χ1) is 13.6. The Morgan fingerprint density at radius 3 is 2.79 bits per heavy atom. The van der Waals surface area contributed by atoms with Crippen LogP contribution in [0.15, 0.2) is 29.3 Å². The van der Waals surface area contributed by atoms with Gasteiger partial charge in [0.15, 0.2) is 5.96 Å². The van der Waals surface area contributed by atoms with Crippen LogP contribution in [0.2, 0.25) is 0 Å². The van der Waals surface area contributed by atoms with E-state index in [4.69, 9.17) is 9.73 Å². The van der Waals surface area contributed by atoms with E-state index in [0.29, 0.717) is 12.3 Å². The summed E-state index contributed by atoms with van der Waals surface area (Å²) >= 11 is 0. The maximum absolute atomic E-state index is 11.7. The summed E-state index contributed by atoms with van der Waals surface area (Å²) in [4.78, 5) is 18.4. The number of aliphatic imine (C=N–C) groups is 1. The number of likely N-dealkylation sites (N-methyl/N-ethyl adjacent to an activating group) is 1. The van der Waals surface area contributed by atoms with E-state index in [1.807, 2.05) is 7.05 Å². The van der Waals surface area contributed by atoms with Crippen molar-refractivity contribution in [2.24, 2.45) is 10.9 Å². The van der Waals surface area contributed by atoms with Crippen LogP contribution >= 0.6 is 0 Å². The Balaban J connectivity index is 1.64. The van der Waals surface area contributed by atoms with Gasteiger partial charge in [-0.25, -0.2) is 0 Å². The van der Waals surface area contributed by atoms with Gasteiger partial charge >= 0.3 is 0 Å². The van der Waals surface area contributed by atoms with Gasteiger partial charge < -0.3 is 20.3 Å². The standard InChI is InChI=1S/C22H34N4O2/c1-4-23-22(25-19-11-12-20(27)26(3)15-19)24-14-18-6-5-13-28-21(18)17-9-7-16(2)8-10-17/h7-10,18-19,21H,4-6,11-15H2,1-3H3,(H2,23,24,25). The number of amides is 1. The highest BCUT2D eigenvalue weighted by atomic mass is 16.5. The molecule has 3 rings (SSSR count). The van der Waals surface area contributed by atoms with Gasteiger partial charge in [0, 0.05) is 51.7 Å². The molecular formula is C22H34N4O2. The van der Waals surface area contributed by atoms with Gasteiger partial charge in [0.2, 0.25) is 5.91 Å². The third-order valence-electron chi connectivity index (χ3n) is 5.65. The zero-order chi connectivity index (χ0) is 19.9. The van der Waals surface area contributed by atoms with Crippen molar-refractivity contribution in [2.45, 2.75) is 51.7 Å². The topological polar surface area (TPSA) is 66.0 Å². The fourth-order valence-corrected chi connectivity index (χ4v) is 4.01. The minimum Gasteiger partial charge on any atom is -0.373 e. The number of piperidine rings is 1. The van der Waals surface area contributed by atoms with Crippen molar-refractivity contribution in [3.63, 3.8) is 0 Å². The third kappa shape index (κ3) is 5.47. The van der Waals surface area contributed by atoms with Crippen molar-refractivity contribution in [3.8, 4) is 0 Å². The maximum Gasteiger partial charge on any atom is 0.222 e. The molecular weight excluding hydrogens is 352 g/mol. The lowest BCUT2D eigenvalue weighted by Crippen LogP contribution is -2.51. The minimum atomic E-state index is 0.111.